The molecule has 1 aliphatic heterocycles. The number of benzene rings is 3. The zero-order valence-corrected chi connectivity index (χ0v) is 26.7. The molecule has 5 rings (SSSR count). The molecule has 0 unspecified atom stereocenters. The first-order valence-electron chi connectivity index (χ1n) is 14.8. The predicted octanol–water partition coefficient (Wildman–Crippen LogP) is 6.84. The number of ether oxygens (including phenoxy) is 1. The fourth-order valence-electron chi connectivity index (χ4n) is 5.49. The van der Waals surface area contributed by atoms with Gasteiger partial charge in [-0.15, -0.1) is 0 Å². The van der Waals surface area contributed by atoms with Crippen molar-refractivity contribution in [2.24, 2.45) is 0 Å². The van der Waals surface area contributed by atoms with E-state index < -0.39 is 5.41 Å². The van der Waals surface area contributed by atoms with E-state index in [4.69, 9.17) is 16.2 Å². The van der Waals surface area contributed by atoms with Crippen LogP contribution in [-0.2, 0) is 22.7 Å². The highest BCUT2D eigenvalue weighted by Gasteiger charge is 2.40. The summed E-state index contributed by atoms with van der Waals surface area (Å²) in [5, 5.41) is 2.99. The lowest BCUT2D eigenvalue weighted by molar-refractivity contribution is 0.0951. The second-order valence-electron chi connectivity index (χ2n) is 14.0. The van der Waals surface area contributed by atoms with Crippen molar-refractivity contribution >= 4 is 17.8 Å². The van der Waals surface area contributed by atoms with Crippen LogP contribution in [0.1, 0.15) is 93.6 Å². The first kappa shape index (κ1) is 30.9. The Morgan fingerprint density at radius 1 is 0.864 bits per heavy atom. The number of amides is 1. The van der Waals surface area contributed by atoms with Crippen molar-refractivity contribution in [1.29, 1.82) is 0 Å². The molecule has 0 aliphatic carbocycles. The maximum atomic E-state index is 14.2. The third kappa shape index (κ3) is 5.83. The number of halogens is 1. The molecule has 1 aliphatic rings. The predicted molar refractivity (Wildman–Crippen MR) is 173 cm³/mol. The molecule has 2 heterocycles. The number of nitrogen functional groups attached to an aromatic ring is 2. The lowest BCUT2D eigenvalue weighted by atomic mass is 9.70. The minimum atomic E-state index is -0.577. The van der Waals surface area contributed by atoms with Crippen LogP contribution in [0.3, 0.4) is 0 Å². The summed E-state index contributed by atoms with van der Waals surface area (Å²) in [6.45, 7) is 17.3. The van der Waals surface area contributed by atoms with Crippen LogP contribution in [0.15, 0.2) is 48.5 Å². The summed E-state index contributed by atoms with van der Waals surface area (Å²) in [4.78, 5) is 26.6. The molecule has 0 saturated heterocycles. The van der Waals surface area contributed by atoms with Crippen molar-refractivity contribution in [3.63, 3.8) is 0 Å². The normalized spacial score (nSPS) is 13.9. The molecule has 0 fully saturated rings. The fourth-order valence-corrected chi connectivity index (χ4v) is 5.49. The van der Waals surface area contributed by atoms with Gasteiger partial charge in [-0.25, -0.2) is 4.39 Å². The van der Waals surface area contributed by atoms with Gasteiger partial charge in [-0.1, -0.05) is 85.7 Å². The van der Waals surface area contributed by atoms with Gasteiger partial charge in [0, 0.05) is 23.1 Å². The molecule has 4 aromatic rings. The maximum absolute atomic E-state index is 14.2. The Hall–Kier alpha value is -4.53. The number of anilines is 2. The van der Waals surface area contributed by atoms with Crippen LogP contribution in [0.2, 0.25) is 0 Å². The fraction of sp³-hybridized carbons (Fsp3) is 0.371. The number of carbonyl (C=O) groups excluding carboxylic acids is 1. The summed E-state index contributed by atoms with van der Waals surface area (Å²) < 4.78 is 21.0. The number of carbonyl (C=O) groups is 1. The summed E-state index contributed by atoms with van der Waals surface area (Å²) in [5.41, 5.74) is 16.4. The van der Waals surface area contributed by atoms with E-state index in [0.717, 1.165) is 22.3 Å². The minimum Gasteiger partial charge on any atom is -0.455 e. The number of nitrogens with zero attached hydrogens (tertiary/aromatic N) is 3. The lowest BCUT2D eigenvalue weighted by Gasteiger charge is -2.38. The van der Waals surface area contributed by atoms with Gasteiger partial charge in [-0.05, 0) is 52.1 Å². The summed E-state index contributed by atoms with van der Waals surface area (Å²) in [6.07, 6.45) is 0.358. The maximum Gasteiger partial charge on any atom is 0.255 e. The Bertz CT molecular complexity index is 1750. The molecule has 44 heavy (non-hydrogen) atoms. The summed E-state index contributed by atoms with van der Waals surface area (Å²) in [5.74, 6) is 0.689. The number of nitrogens with two attached hydrogens (primary N) is 2. The molecule has 8 nitrogen and oxygen atoms in total. The molecule has 0 atom stereocenters. The van der Waals surface area contributed by atoms with Crippen molar-refractivity contribution < 1.29 is 13.9 Å². The molecule has 0 spiro atoms. The first-order valence-corrected chi connectivity index (χ1v) is 14.8. The smallest absolute Gasteiger partial charge is 0.255 e. The largest absolute Gasteiger partial charge is 0.455 e. The van der Waals surface area contributed by atoms with Crippen molar-refractivity contribution in [2.75, 3.05) is 18.0 Å². The molecule has 0 bridgehead atoms. The third-order valence-corrected chi connectivity index (χ3v) is 8.25. The molecule has 9 heteroatoms. The molecule has 1 aromatic heterocycles. The summed E-state index contributed by atoms with van der Waals surface area (Å²) in [6, 6.07) is 14.8. The number of fused-ring (bicyclic) bond motifs is 2. The zero-order chi connectivity index (χ0) is 32.2. The average molecular weight is 597 g/mol. The molecule has 5 N–H and O–H groups in total. The Morgan fingerprint density at radius 3 is 2.02 bits per heavy atom. The van der Waals surface area contributed by atoms with Gasteiger partial charge in [-0.2, -0.15) is 15.0 Å². The van der Waals surface area contributed by atoms with E-state index in [-0.39, 0.29) is 41.0 Å². The molecule has 1 amide bonds. The topological polar surface area (TPSA) is 129 Å². The van der Waals surface area contributed by atoms with Gasteiger partial charge in [0.05, 0.1) is 11.1 Å². The number of hydrogen-bond acceptors (Lipinski definition) is 7. The Balaban J connectivity index is 1.67. The van der Waals surface area contributed by atoms with Gasteiger partial charge < -0.3 is 21.5 Å². The number of aromatic nitrogens is 3. The Labute approximate surface area is 258 Å². The van der Waals surface area contributed by atoms with Gasteiger partial charge in [0.25, 0.3) is 5.91 Å². The van der Waals surface area contributed by atoms with Crippen LogP contribution in [0.4, 0.5) is 16.3 Å². The second-order valence-corrected chi connectivity index (χ2v) is 14.0. The first-order chi connectivity index (χ1) is 20.5. The van der Waals surface area contributed by atoms with E-state index in [0.29, 0.717) is 40.4 Å². The number of hydrogen-bond donors (Lipinski definition) is 3. The zero-order valence-electron chi connectivity index (χ0n) is 26.7. The van der Waals surface area contributed by atoms with Gasteiger partial charge in [0.2, 0.25) is 11.9 Å². The van der Waals surface area contributed by atoms with Crippen LogP contribution < -0.4 is 21.5 Å². The monoisotopic (exact) mass is 596 g/mol. The lowest BCUT2D eigenvalue weighted by Crippen LogP contribution is -2.31. The highest BCUT2D eigenvalue weighted by Crippen LogP contribution is 2.54. The molecular weight excluding hydrogens is 555 g/mol. The van der Waals surface area contributed by atoms with Crippen LogP contribution in [0, 0.1) is 5.82 Å². The Morgan fingerprint density at radius 2 is 1.43 bits per heavy atom. The van der Waals surface area contributed by atoms with E-state index in [1.165, 1.54) is 6.07 Å². The van der Waals surface area contributed by atoms with Crippen molar-refractivity contribution in [3.05, 3.63) is 87.7 Å². The standard InChI is InChI=1S/C35H41FN6O2/c1-33(2,3)20-15-22(29-40-31(37)42-32(38)41-29)27-24(17-20)35(7,8)25-18-21(34(4,5)6)16-23(28(25)44-27)30(43)39-14-13-19-11-9-10-12-26(19)36/h9-12,15-18H,13-14H2,1-8H3,(H,39,43)(H4,37,38,40,41,42). The average Bonchev–Trinajstić information content (AvgIpc) is 2.91. The van der Waals surface area contributed by atoms with Gasteiger partial charge in [0.1, 0.15) is 17.3 Å². The van der Waals surface area contributed by atoms with E-state index in [1.807, 2.05) is 12.1 Å². The summed E-state index contributed by atoms with van der Waals surface area (Å²) >= 11 is 0. The third-order valence-electron chi connectivity index (χ3n) is 8.25. The number of nitrogens with one attached hydrogen (secondary N) is 1. The van der Waals surface area contributed by atoms with Gasteiger partial charge in [-0.3, -0.25) is 4.79 Å². The molecular formula is C35H41FN6O2. The van der Waals surface area contributed by atoms with Crippen molar-refractivity contribution in [3.8, 4) is 22.9 Å². The van der Waals surface area contributed by atoms with Crippen LogP contribution >= 0.6 is 0 Å². The Kier molecular flexibility index (Phi) is 7.64. The molecule has 230 valence electrons. The highest BCUT2D eigenvalue weighted by atomic mass is 19.1. The van der Waals surface area contributed by atoms with Crippen LogP contribution in [0.5, 0.6) is 11.5 Å². The van der Waals surface area contributed by atoms with Crippen molar-refractivity contribution in [1.82, 2.24) is 20.3 Å². The van der Waals surface area contributed by atoms with E-state index in [2.05, 4.69) is 87.8 Å². The van der Waals surface area contributed by atoms with Crippen LogP contribution in [0.25, 0.3) is 11.4 Å². The SMILES string of the molecule is CC(C)(C)c1cc(C(=O)NCCc2ccccc2F)c2c(c1)C(C)(C)c1cc(C(C)(C)C)cc(-c3nc(N)nc(N)n3)c1O2. The second kappa shape index (κ2) is 10.9. The number of rotatable bonds is 5. The highest BCUT2D eigenvalue weighted by molar-refractivity contribution is 5.98. The van der Waals surface area contributed by atoms with E-state index >= 15 is 0 Å². The van der Waals surface area contributed by atoms with E-state index in [1.54, 1.807) is 18.2 Å². The van der Waals surface area contributed by atoms with E-state index in [9.17, 15) is 9.18 Å². The molecule has 0 radical (unpaired) electrons. The molecule has 3 aromatic carbocycles. The molecule has 0 saturated carbocycles. The quantitative estimate of drug-likeness (QED) is 0.230. The van der Waals surface area contributed by atoms with Gasteiger partial charge in [0.15, 0.2) is 5.82 Å². The van der Waals surface area contributed by atoms with Crippen LogP contribution in [-0.4, -0.2) is 27.4 Å². The van der Waals surface area contributed by atoms with Gasteiger partial charge >= 0.3 is 0 Å². The summed E-state index contributed by atoms with van der Waals surface area (Å²) in [7, 11) is 0. The van der Waals surface area contributed by atoms with Crippen molar-refractivity contribution in [2.45, 2.75) is 78.1 Å². The minimum absolute atomic E-state index is 0.00243.